The molecule has 3 rings (SSSR count). The molecule has 1 fully saturated rings. The predicted molar refractivity (Wildman–Crippen MR) is 138 cm³/mol. The molecule has 2 aromatic rings. The number of ether oxygens (including phenoxy) is 1. The standard InChI is InChI=1S/C23H34N4OS.HI/c1-17(22-9-10-29-16-22)11-25-23(24-4)26-12-20-5-7-21(8-6-20)15-27-13-18(2)28-19(3)14-27;/h5-10,16-19H,11-15H2,1-4H3,(H2,24,25,26);1H. The van der Waals surface area contributed by atoms with Crippen molar-refractivity contribution in [2.75, 3.05) is 26.7 Å². The number of rotatable bonds is 7. The number of aliphatic imine (C=N–C) groups is 1. The van der Waals surface area contributed by atoms with Crippen molar-refractivity contribution >= 4 is 41.3 Å². The van der Waals surface area contributed by atoms with Crippen molar-refractivity contribution in [1.29, 1.82) is 0 Å². The third kappa shape index (κ3) is 7.83. The zero-order valence-corrected chi connectivity index (χ0v) is 21.6. The van der Waals surface area contributed by atoms with Crippen LogP contribution >= 0.6 is 35.3 Å². The highest BCUT2D eigenvalue weighted by molar-refractivity contribution is 14.0. The Labute approximate surface area is 202 Å². The molecular weight excluding hydrogens is 507 g/mol. The molecule has 5 nitrogen and oxygen atoms in total. The topological polar surface area (TPSA) is 48.9 Å². The van der Waals surface area contributed by atoms with E-state index in [9.17, 15) is 0 Å². The third-order valence-electron chi connectivity index (χ3n) is 5.30. The van der Waals surface area contributed by atoms with Gasteiger partial charge in [-0.3, -0.25) is 9.89 Å². The van der Waals surface area contributed by atoms with Crippen LogP contribution in [0.4, 0.5) is 0 Å². The highest BCUT2D eigenvalue weighted by atomic mass is 127. The first-order valence-electron chi connectivity index (χ1n) is 10.5. The Bertz CT molecular complexity index is 756. The maximum atomic E-state index is 5.83. The van der Waals surface area contributed by atoms with E-state index in [0.29, 0.717) is 18.1 Å². The molecule has 30 heavy (non-hydrogen) atoms. The van der Waals surface area contributed by atoms with Gasteiger partial charge in [-0.05, 0) is 53.3 Å². The zero-order valence-electron chi connectivity index (χ0n) is 18.4. The highest BCUT2D eigenvalue weighted by Gasteiger charge is 2.21. The molecule has 1 saturated heterocycles. The van der Waals surface area contributed by atoms with E-state index >= 15 is 0 Å². The minimum atomic E-state index is 0. The van der Waals surface area contributed by atoms with Gasteiger partial charge >= 0.3 is 0 Å². The lowest BCUT2D eigenvalue weighted by atomic mass is 10.1. The third-order valence-corrected chi connectivity index (χ3v) is 6.00. The van der Waals surface area contributed by atoms with Crippen molar-refractivity contribution in [2.24, 2.45) is 4.99 Å². The van der Waals surface area contributed by atoms with Crippen molar-refractivity contribution in [1.82, 2.24) is 15.5 Å². The Balaban J connectivity index is 0.00000320. The van der Waals surface area contributed by atoms with Crippen LogP contribution in [0.15, 0.2) is 46.1 Å². The first-order chi connectivity index (χ1) is 14.0. The van der Waals surface area contributed by atoms with E-state index in [0.717, 1.165) is 38.7 Å². The van der Waals surface area contributed by atoms with Crippen LogP contribution in [-0.4, -0.2) is 49.7 Å². The molecule has 3 atom stereocenters. The summed E-state index contributed by atoms with van der Waals surface area (Å²) < 4.78 is 5.83. The molecule has 0 aliphatic carbocycles. The fraction of sp³-hybridized carbons (Fsp3) is 0.522. The Morgan fingerprint density at radius 3 is 2.40 bits per heavy atom. The van der Waals surface area contributed by atoms with Gasteiger partial charge in [0, 0.05) is 39.8 Å². The maximum Gasteiger partial charge on any atom is 0.191 e. The quantitative estimate of drug-likeness (QED) is 0.309. The second-order valence-electron chi connectivity index (χ2n) is 8.03. The average molecular weight is 543 g/mol. The Morgan fingerprint density at radius 2 is 1.80 bits per heavy atom. The van der Waals surface area contributed by atoms with Crippen molar-refractivity contribution < 1.29 is 4.74 Å². The van der Waals surface area contributed by atoms with Crippen LogP contribution < -0.4 is 10.6 Å². The first kappa shape index (κ1) is 25.1. The van der Waals surface area contributed by atoms with Gasteiger partial charge in [0.1, 0.15) is 0 Å². The summed E-state index contributed by atoms with van der Waals surface area (Å²) in [5, 5.41) is 11.2. The molecular formula is C23H35IN4OS. The molecule has 2 N–H and O–H groups in total. The van der Waals surface area contributed by atoms with E-state index in [2.05, 4.69) is 82.4 Å². The van der Waals surface area contributed by atoms with Crippen LogP contribution in [0.5, 0.6) is 0 Å². The molecule has 1 aliphatic rings. The van der Waals surface area contributed by atoms with E-state index in [4.69, 9.17) is 4.74 Å². The fourth-order valence-electron chi connectivity index (χ4n) is 3.76. The van der Waals surface area contributed by atoms with Gasteiger partial charge in [0.25, 0.3) is 0 Å². The number of hydrogen-bond donors (Lipinski definition) is 2. The summed E-state index contributed by atoms with van der Waals surface area (Å²) in [6.45, 7) is 11.1. The smallest absolute Gasteiger partial charge is 0.191 e. The first-order valence-corrected chi connectivity index (χ1v) is 11.4. The minimum absolute atomic E-state index is 0. The lowest BCUT2D eigenvalue weighted by molar-refractivity contribution is -0.0704. The van der Waals surface area contributed by atoms with Crippen molar-refractivity contribution in [2.45, 2.75) is 52.0 Å². The second-order valence-corrected chi connectivity index (χ2v) is 8.81. The molecule has 7 heteroatoms. The minimum Gasteiger partial charge on any atom is -0.373 e. The molecule has 3 unspecified atom stereocenters. The molecule has 2 heterocycles. The van der Waals surface area contributed by atoms with Crippen LogP contribution in [0.25, 0.3) is 0 Å². The average Bonchev–Trinajstić information content (AvgIpc) is 3.23. The van der Waals surface area contributed by atoms with Gasteiger partial charge in [-0.15, -0.1) is 24.0 Å². The lowest BCUT2D eigenvalue weighted by Crippen LogP contribution is -2.44. The Morgan fingerprint density at radius 1 is 1.13 bits per heavy atom. The van der Waals surface area contributed by atoms with E-state index in [-0.39, 0.29) is 24.0 Å². The van der Waals surface area contributed by atoms with E-state index in [1.807, 2.05) is 7.05 Å². The summed E-state index contributed by atoms with van der Waals surface area (Å²) in [5.74, 6) is 1.30. The molecule has 0 radical (unpaired) electrons. The lowest BCUT2D eigenvalue weighted by Gasteiger charge is -2.35. The summed E-state index contributed by atoms with van der Waals surface area (Å²) in [7, 11) is 1.82. The number of nitrogens with one attached hydrogen (secondary N) is 2. The maximum absolute atomic E-state index is 5.83. The van der Waals surface area contributed by atoms with Crippen molar-refractivity contribution in [3.63, 3.8) is 0 Å². The number of benzene rings is 1. The van der Waals surface area contributed by atoms with Gasteiger partial charge in [0.15, 0.2) is 5.96 Å². The van der Waals surface area contributed by atoms with Crippen LogP contribution in [0.1, 0.15) is 43.4 Å². The number of nitrogens with zero attached hydrogens (tertiary/aromatic N) is 2. The van der Waals surface area contributed by atoms with Crippen LogP contribution in [-0.2, 0) is 17.8 Å². The molecule has 0 saturated carbocycles. The van der Waals surface area contributed by atoms with Gasteiger partial charge in [-0.2, -0.15) is 11.3 Å². The number of thiophene rings is 1. The van der Waals surface area contributed by atoms with E-state index in [1.54, 1.807) is 11.3 Å². The molecule has 166 valence electrons. The number of hydrogen-bond acceptors (Lipinski definition) is 4. The van der Waals surface area contributed by atoms with Gasteiger partial charge < -0.3 is 15.4 Å². The summed E-state index contributed by atoms with van der Waals surface area (Å²) in [6, 6.07) is 11.1. The summed E-state index contributed by atoms with van der Waals surface area (Å²) >= 11 is 1.74. The predicted octanol–water partition coefficient (Wildman–Crippen LogP) is 4.44. The molecule has 0 bridgehead atoms. The monoisotopic (exact) mass is 542 g/mol. The fourth-order valence-corrected chi connectivity index (χ4v) is 4.55. The van der Waals surface area contributed by atoms with Gasteiger partial charge in [-0.1, -0.05) is 31.2 Å². The van der Waals surface area contributed by atoms with Crippen LogP contribution in [0, 0.1) is 0 Å². The SMILES string of the molecule is CN=C(NCc1ccc(CN2CC(C)OC(C)C2)cc1)NCC(C)c1ccsc1.I. The largest absolute Gasteiger partial charge is 0.373 e. The molecule has 1 aliphatic heterocycles. The molecule has 0 spiro atoms. The highest BCUT2D eigenvalue weighted by Crippen LogP contribution is 2.17. The summed E-state index contributed by atoms with van der Waals surface area (Å²) in [6.07, 6.45) is 0.618. The molecule has 1 aromatic carbocycles. The summed E-state index contributed by atoms with van der Waals surface area (Å²) in [4.78, 5) is 6.82. The van der Waals surface area contributed by atoms with Crippen molar-refractivity contribution in [3.8, 4) is 0 Å². The van der Waals surface area contributed by atoms with Crippen LogP contribution in [0.2, 0.25) is 0 Å². The van der Waals surface area contributed by atoms with Crippen LogP contribution in [0.3, 0.4) is 0 Å². The van der Waals surface area contributed by atoms with Gasteiger partial charge in [-0.25, -0.2) is 0 Å². The normalized spacial score (nSPS) is 21.0. The Hall–Kier alpha value is -1.16. The number of halogens is 1. The van der Waals surface area contributed by atoms with Crippen molar-refractivity contribution in [3.05, 3.63) is 57.8 Å². The van der Waals surface area contributed by atoms with E-state index < -0.39 is 0 Å². The second kappa shape index (κ2) is 12.6. The Kier molecular flexibility index (Phi) is 10.6. The van der Waals surface area contributed by atoms with Gasteiger partial charge in [0.05, 0.1) is 12.2 Å². The number of guanidine groups is 1. The zero-order chi connectivity index (χ0) is 20.6. The summed E-state index contributed by atoms with van der Waals surface area (Å²) in [5.41, 5.74) is 3.98. The molecule has 1 aromatic heterocycles. The molecule has 0 amide bonds. The number of morpholine rings is 1. The van der Waals surface area contributed by atoms with Gasteiger partial charge in [0.2, 0.25) is 0 Å². The van der Waals surface area contributed by atoms with E-state index in [1.165, 1.54) is 16.7 Å².